The second-order valence-electron chi connectivity index (χ2n) is 17.0. The molecular weight excluding hydrogens is 635 g/mol. The summed E-state index contributed by atoms with van der Waals surface area (Å²) in [5.74, 6) is 2.16. The van der Waals surface area contributed by atoms with Crippen molar-refractivity contribution in [3.05, 3.63) is 88.0 Å². The molecule has 1 atom stereocenters. The summed E-state index contributed by atoms with van der Waals surface area (Å²) in [6, 6.07) is 18.2. The maximum atomic E-state index is 13.7. The maximum absolute atomic E-state index is 13.7. The van der Waals surface area contributed by atoms with Crippen LogP contribution in [0.4, 0.5) is 0 Å². The van der Waals surface area contributed by atoms with Crippen molar-refractivity contribution in [3.63, 3.8) is 0 Å². The van der Waals surface area contributed by atoms with Gasteiger partial charge in [-0.3, -0.25) is 4.99 Å². The molecule has 3 aromatic carbocycles. The van der Waals surface area contributed by atoms with E-state index in [-0.39, 0.29) is 16.2 Å². The second-order valence-corrected chi connectivity index (χ2v) is 19.0. The number of aliphatic imine (C=N–C) groups is 1. The molecule has 0 fully saturated rings. The summed E-state index contributed by atoms with van der Waals surface area (Å²) in [6.45, 7) is 31.6. The number of hydrogen-bond donors (Lipinski definition) is 1. The molecule has 6 heteroatoms. The molecular formula is C44H66NO4Si. The van der Waals surface area contributed by atoms with Gasteiger partial charge >= 0.3 is 0 Å². The molecule has 0 heterocycles. The average Bonchev–Trinajstić information content (AvgIpc) is 3.02. The van der Waals surface area contributed by atoms with Crippen molar-refractivity contribution in [2.45, 2.75) is 150 Å². The molecule has 3 aromatic rings. The minimum Gasteiger partial charge on any atom is -0.542 e. The van der Waals surface area contributed by atoms with E-state index in [0.29, 0.717) is 35.8 Å². The summed E-state index contributed by atoms with van der Waals surface area (Å²) >= 11 is 0. The van der Waals surface area contributed by atoms with Gasteiger partial charge in [0.1, 0.15) is 22.8 Å². The quantitative estimate of drug-likeness (QED) is 0.0974. The predicted octanol–water partition coefficient (Wildman–Crippen LogP) is 11.3. The molecule has 50 heavy (non-hydrogen) atoms. The van der Waals surface area contributed by atoms with Gasteiger partial charge in [0.15, 0.2) is 0 Å². The summed E-state index contributed by atoms with van der Waals surface area (Å²) in [4.78, 5) is 5.27. The molecule has 0 amide bonds. The Labute approximate surface area is 306 Å². The van der Waals surface area contributed by atoms with E-state index in [1.54, 1.807) is 0 Å². The van der Waals surface area contributed by atoms with Gasteiger partial charge in [0.25, 0.3) is 9.04 Å². The Hall–Kier alpha value is -3.09. The smallest absolute Gasteiger partial charge is 0.274 e. The first-order chi connectivity index (χ1) is 23.2. The minimum absolute atomic E-state index is 0.142. The van der Waals surface area contributed by atoms with Crippen LogP contribution >= 0.6 is 0 Å². The van der Waals surface area contributed by atoms with Gasteiger partial charge in [-0.25, -0.2) is 0 Å². The lowest BCUT2D eigenvalue weighted by Gasteiger charge is -2.37. The Kier molecular flexibility index (Phi) is 14.0. The van der Waals surface area contributed by atoms with E-state index in [1.165, 1.54) is 0 Å². The summed E-state index contributed by atoms with van der Waals surface area (Å²) in [6.07, 6.45) is 5.79. The molecule has 1 unspecified atom stereocenters. The number of aliphatic hydroxyl groups is 1. The van der Waals surface area contributed by atoms with Crippen LogP contribution in [0.3, 0.4) is 0 Å². The third-order valence-corrected chi connectivity index (χ3v) is 9.87. The highest BCUT2D eigenvalue weighted by Crippen LogP contribution is 2.46. The van der Waals surface area contributed by atoms with E-state index in [1.807, 2.05) is 31.3 Å². The van der Waals surface area contributed by atoms with E-state index in [0.717, 1.165) is 53.7 Å². The average molecular weight is 701 g/mol. The Morgan fingerprint density at radius 1 is 0.680 bits per heavy atom. The van der Waals surface area contributed by atoms with E-state index < -0.39 is 20.7 Å². The van der Waals surface area contributed by atoms with Gasteiger partial charge < -0.3 is 19.0 Å². The summed E-state index contributed by atoms with van der Waals surface area (Å²) in [5.41, 5.74) is 3.65. The van der Waals surface area contributed by atoms with Gasteiger partial charge in [-0.15, -0.1) is 0 Å². The van der Waals surface area contributed by atoms with Gasteiger partial charge in [0.05, 0.1) is 19.3 Å². The Morgan fingerprint density at radius 2 is 1.16 bits per heavy atom. The number of ether oxygens (including phenoxy) is 2. The van der Waals surface area contributed by atoms with Crippen molar-refractivity contribution in [2.24, 2.45) is 4.99 Å². The molecule has 1 N–H and O–H groups in total. The molecule has 3 rings (SSSR count). The molecule has 0 bridgehead atoms. The molecule has 1 radical (unpaired) electrons. The number of benzene rings is 3. The first-order valence-electron chi connectivity index (χ1n) is 18.7. The fourth-order valence-corrected chi connectivity index (χ4v) is 6.64. The Morgan fingerprint density at radius 3 is 1.56 bits per heavy atom. The van der Waals surface area contributed by atoms with Crippen molar-refractivity contribution in [3.8, 4) is 17.2 Å². The zero-order chi connectivity index (χ0) is 37.5. The molecule has 0 saturated carbocycles. The predicted molar refractivity (Wildman–Crippen MR) is 214 cm³/mol. The number of hydrogen-bond acceptors (Lipinski definition) is 5. The topological polar surface area (TPSA) is 60.3 Å². The van der Waals surface area contributed by atoms with Gasteiger partial charge in [-0.05, 0) is 96.1 Å². The van der Waals surface area contributed by atoms with Crippen molar-refractivity contribution < 1.29 is 19.0 Å². The van der Waals surface area contributed by atoms with Crippen molar-refractivity contribution in [1.29, 1.82) is 0 Å². The van der Waals surface area contributed by atoms with Crippen molar-refractivity contribution >= 4 is 15.3 Å². The Bertz CT molecular complexity index is 1500. The fourth-order valence-electron chi connectivity index (χ4n) is 6.02. The van der Waals surface area contributed by atoms with Crippen LogP contribution < -0.4 is 13.9 Å². The van der Waals surface area contributed by atoms with Crippen LogP contribution in [0, 0.1) is 0 Å². The van der Waals surface area contributed by atoms with E-state index in [2.05, 4.69) is 126 Å². The molecule has 5 nitrogen and oxygen atoms in total. The lowest BCUT2D eigenvalue weighted by Crippen LogP contribution is -2.39. The van der Waals surface area contributed by atoms with Crippen LogP contribution in [0.1, 0.15) is 142 Å². The highest BCUT2D eigenvalue weighted by atomic mass is 28.3. The zero-order valence-corrected chi connectivity index (χ0v) is 34.7. The summed E-state index contributed by atoms with van der Waals surface area (Å²) < 4.78 is 19.5. The van der Waals surface area contributed by atoms with Crippen molar-refractivity contribution in [1.82, 2.24) is 0 Å². The highest BCUT2D eigenvalue weighted by Gasteiger charge is 2.44. The van der Waals surface area contributed by atoms with E-state index in [9.17, 15) is 5.11 Å². The van der Waals surface area contributed by atoms with Crippen LogP contribution in [-0.2, 0) is 21.8 Å². The van der Waals surface area contributed by atoms with Crippen LogP contribution in [0.5, 0.6) is 17.2 Å². The van der Waals surface area contributed by atoms with Crippen LogP contribution in [0.15, 0.2) is 59.6 Å². The number of rotatable bonds is 15. The monoisotopic (exact) mass is 700 g/mol. The van der Waals surface area contributed by atoms with Gasteiger partial charge in [-0.2, -0.15) is 0 Å². The first-order valence-corrected chi connectivity index (χ1v) is 21.1. The SMILES string of the molecule is CCCCOc1ccc(C(C)(C)C)cc1C(O)(c1cc(C(C)(C)C)ccc1OCCCC)C(C)N=Cc1c(O[Si](C)C)cccc1C(C)(C)C. The third-order valence-electron chi connectivity index (χ3n) is 9.24. The lowest BCUT2D eigenvalue weighted by atomic mass is 9.75. The minimum atomic E-state index is -1.61. The summed E-state index contributed by atoms with van der Waals surface area (Å²) in [5, 5.41) is 13.7. The van der Waals surface area contributed by atoms with Crippen molar-refractivity contribution in [2.75, 3.05) is 13.2 Å². The number of unbranched alkanes of at least 4 members (excludes halogenated alkanes) is 2. The van der Waals surface area contributed by atoms with Gasteiger partial charge in [0, 0.05) is 22.9 Å². The normalized spacial score (nSPS) is 13.6. The lowest BCUT2D eigenvalue weighted by molar-refractivity contribution is 0.0519. The molecule has 275 valence electrons. The molecule has 0 aliphatic rings. The zero-order valence-electron chi connectivity index (χ0n) is 33.7. The van der Waals surface area contributed by atoms with Crippen LogP contribution in [0.25, 0.3) is 0 Å². The van der Waals surface area contributed by atoms with Gasteiger partial charge in [0.2, 0.25) is 0 Å². The Balaban J connectivity index is 2.45. The maximum Gasteiger partial charge on any atom is 0.274 e. The summed E-state index contributed by atoms with van der Waals surface area (Å²) in [7, 11) is -1.04. The third kappa shape index (κ3) is 10.2. The first kappa shape index (κ1) is 41.3. The second kappa shape index (κ2) is 16.9. The van der Waals surface area contributed by atoms with E-state index in [4.69, 9.17) is 18.9 Å². The molecule has 0 aromatic heterocycles. The van der Waals surface area contributed by atoms with E-state index >= 15 is 0 Å². The fraction of sp³-hybridized carbons (Fsp3) is 0.568. The number of nitrogens with zero attached hydrogens (tertiary/aromatic N) is 1. The highest BCUT2D eigenvalue weighted by molar-refractivity contribution is 6.49. The molecule has 0 saturated heterocycles. The molecule has 0 aliphatic carbocycles. The molecule has 0 spiro atoms. The standard InChI is InChI=1S/C44H66NO4Si/c1-15-17-26-47-39-24-22-32(41(4,5)6)28-36(39)44(46,37-29-33(42(7,8)9)23-25-40(37)48-27-18-16-2)31(3)45-30-34-35(43(10,11)12)20-19-21-38(34)49-50(13)14/h19-25,28-31,46H,15-18,26-27H2,1-14H3. The van der Waals surface area contributed by atoms with Crippen LogP contribution in [-0.4, -0.2) is 39.6 Å². The van der Waals surface area contributed by atoms with Gasteiger partial charge in [-0.1, -0.05) is 113 Å². The molecule has 0 aliphatic heterocycles. The largest absolute Gasteiger partial charge is 0.542 e. The van der Waals surface area contributed by atoms with Crippen LogP contribution in [0.2, 0.25) is 13.1 Å².